The average molecular weight is 316 g/mol. The number of nitrogens with zero attached hydrogens (tertiary/aromatic N) is 1. The van der Waals surface area contributed by atoms with Gasteiger partial charge in [-0.25, -0.2) is 4.98 Å². The predicted octanol–water partition coefficient (Wildman–Crippen LogP) is 2.44. The Balaban J connectivity index is 1.69. The van der Waals surface area contributed by atoms with Crippen LogP contribution in [0.25, 0.3) is 0 Å². The second kappa shape index (κ2) is 6.14. The SMILES string of the molecule is Cc1nc(C(=O)NCc2cccc(C3(C)OCCO3)c2)c(C)o1. The smallest absolute Gasteiger partial charge is 0.273 e. The standard InChI is InChI=1S/C17H20N2O4/c1-11-15(19-12(2)23-11)16(20)18-10-13-5-4-6-14(9-13)17(3)21-7-8-22-17/h4-6,9H,7-8,10H2,1-3H3,(H,18,20). The zero-order valence-corrected chi connectivity index (χ0v) is 13.5. The van der Waals surface area contributed by atoms with E-state index in [2.05, 4.69) is 10.3 Å². The third-order valence-electron chi connectivity index (χ3n) is 3.86. The number of aryl methyl sites for hydroxylation is 2. The van der Waals surface area contributed by atoms with Crippen LogP contribution in [0.15, 0.2) is 28.7 Å². The summed E-state index contributed by atoms with van der Waals surface area (Å²) in [5.41, 5.74) is 2.23. The Labute approximate surface area is 134 Å². The van der Waals surface area contributed by atoms with E-state index in [4.69, 9.17) is 13.9 Å². The highest BCUT2D eigenvalue weighted by atomic mass is 16.7. The monoisotopic (exact) mass is 316 g/mol. The van der Waals surface area contributed by atoms with Gasteiger partial charge in [0.15, 0.2) is 17.4 Å². The maximum atomic E-state index is 12.2. The van der Waals surface area contributed by atoms with Crippen molar-refractivity contribution in [1.82, 2.24) is 10.3 Å². The van der Waals surface area contributed by atoms with Gasteiger partial charge in [-0.05, 0) is 25.5 Å². The van der Waals surface area contributed by atoms with Gasteiger partial charge in [-0.3, -0.25) is 4.79 Å². The van der Waals surface area contributed by atoms with Gasteiger partial charge in [0, 0.05) is 19.0 Å². The molecular weight excluding hydrogens is 296 g/mol. The summed E-state index contributed by atoms with van der Waals surface area (Å²) in [6, 6.07) is 7.82. The molecule has 6 nitrogen and oxygen atoms in total. The van der Waals surface area contributed by atoms with Crippen molar-refractivity contribution in [3.63, 3.8) is 0 Å². The molecule has 6 heteroatoms. The van der Waals surface area contributed by atoms with E-state index in [1.807, 2.05) is 31.2 Å². The Bertz CT molecular complexity index is 717. The largest absolute Gasteiger partial charge is 0.445 e. The molecule has 2 aromatic rings. The van der Waals surface area contributed by atoms with Crippen molar-refractivity contribution in [3.8, 4) is 0 Å². The second-order valence-corrected chi connectivity index (χ2v) is 5.66. The van der Waals surface area contributed by atoms with Crippen molar-refractivity contribution in [1.29, 1.82) is 0 Å². The number of carbonyl (C=O) groups is 1. The van der Waals surface area contributed by atoms with Gasteiger partial charge in [0.2, 0.25) is 0 Å². The molecule has 1 aliphatic rings. The molecule has 1 aromatic heterocycles. The number of aromatic nitrogens is 1. The molecule has 0 atom stereocenters. The van der Waals surface area contributed by atoms with Gasteiger partial charge in [0.05, 0.1) is 13.2 Å². The summed E-state index contributed by atoms with van der Waals surface area (Å²) in [6.45, 7) is 6.92. The number of amides is 1. The van der Waals surface area contributed by atoms with E-state index >= 15 is 0 Å². The molecule has 0 spiro atoms. The topological polar surface area (TPSA) is 73.6 Å². The van der Waals surface area contributed by atoms with E-state index in [0.717, 1.165) is 11.1 Å². The number of carbonyl (C=O) groups excluding carboxylic acids is 1. The van der Waals surface area contributed by atoms with Gasteiger partial charge in [-0.2, -0.15) is 0 Å². The minimum absolute atomic E-state index is 0.246. The summed E-state index contributed by atoms with van der Waals surface area (Å²) in [5, 5.41) is 2.86. The Morgan fingerprint density at radius 1 is 1.30 bits per heavy atom. The van der Waals surface area contributed by atoms with Gasteiger partial charge in [0.1, 0.15) is 5.76 Å². The molecule has 0 unspecified atom stereocenters. The summed E-state index contributed by atoms with van der Waals surface area (Å²) in [7, 11) is 0. The van der Waals surface area contributed by atoms with E-state index in [0.29, 0.717) is 37.1 Å². The van der Waals surface area contributed by atoms with Crippen molar-refractivity contribution >= 4 is 5.91 Å². The quantitative estimate of drug-likeness (QED) is 0.938. The first-order valence-electron chi connectivity index (χ1n) is 7.57. The van der Waals surface area contributed by atoms with Crippen molar-refractivity contribution in [3.05, 3.63) is 52.7 Å². The molecule has 1 fully saturated rings. The van der Waals surface area contributed by atoms with Crippen LogP contribution < -0.4 is 5.32 Å². The minimum Gasteiger partial charge on any atom is -0.445 e. The van der Waals surface area contributed by atoms with Crippen molar-refractivity contribution in [2.45, 2.75) is 33.1 Å². The van der Waals surface area contributed by atoms with Crippen LogP contribution in [-0.4, -0.2) is 24.1 Å². The lowest BCUT2D eigenvalue weighted by atomic mass is 10.0. The highest BCUT2D eigenvalue weighted by Crippen LogP contribution is 2.31. The molecule has 122 valence electrons. The van der Waals surface area contributed by atoms with Gasteiger partial charge in [-0.15, -0.1) is 0 Å². The fourth-order valence-electron chi connectivity index (χ4n) is 2.65. The molecule has 3 rings (SSSR count). The molecule has 23 heavy (non-hydrogen) atoms. The summed E-state index contributed by atoms with van der Waals surface area (Å²) in [5.74, 6) is 0.0521. The lowest BCUT2D eigenvalue weighted by molar-refractivity contribution is -0.149. The molecule has 0 radical (unpaired) electrons. The number of hydrogen-bond acceptors (Lipinski definition) is 5. The average Bonchev–Trinajstić information content (AvgIpc) is 3.12. The van der Waals surface area contributed by atoms with E-state index in [1.54, 1.807) is 13.8 Å². The second-order valence-electron chi connectivity index (χ2n) is 5.66. The Morgan fingerprint density at radius 2 is 2.04 bits per heavy atom. The highest BCUT2D eigenvalue weighted by Gasteiger charge is 2.33. The number of benzene rings is 1. The molecule has 1 saturated heterocycles. The third kappa shape index (κ3) is 3.28. The molecule has 1 aliphatic heterocycles. The van der Waals surface area contributed by atoms with Crippen LogP contribution >= 0.6 is 0 Å². The van der Waals surface area contributed by atoms with Gasteiger partial charge in [-0.1, -0.05) is 18.2 Å². The van der Waals surface area contributed by atoms with Crippen molar-refractivity contribution < 1.29 is 18.7 Å². The van der Waals surface area contributed by atoms with E-state index in [9.17, 15) is 4.79 Å². The maximum Gasteiger partial charge on any atom is 0.273 e. The fraction of sp³-hybridized carbons (Fsp3) is 0.412. The zero-order chi connectivity index (χ0) is 16.4. The molecule has 0 bridgehead atoms. The van der Waals surface area contributed by atoms with Gasteiger partial charge < -0.3 is 19.2 Å². The van der Waals surface area contributed by atoms with Crippen LogP contribution in [0.3, 0.4) is 0 Å². The molecule has 1 N–H and O–H groups in total. The van der Waals surface area contributed by atoms with E-state index in [-0.39, 0.29) is 5.91 Å². The first-order valence-corrected chi connectivity index (χ1v) is 7.57. The summed E-state index contributed by atoms with van der Waals surface area (Å²) in [6.07, 6.45) is 0. The van der Waals surface area contributed by atoms with Crippen LogP contribution in [0.1, 0.15) is 40.2 Å². The lowest BCUT2D eigenvalue weighted by Crippen LogP contribution is -2.25. The zero-order valence-electron chi connectivity index (χ0n) is 13.5. The normalized spacial score (nSPS) is 16.5. The predicted molar refractivity (Wildman–Crippen MR) is 82.8 cm³/mol. The Morgan fingerprint density at radius 3 is 2.70 bits per heavy atom. The third-order valence-corrected chi connectivity index (χ3v) is 3.86. The number of ether oxygens (including phenoxy) is 2. The fourth-order valence-corrected chi connectivity index (χ4v) is 2.65. The van der Waals surface area contributed by atoms with Crippen molar-refractivity contribution in [2.75, 3.05) is 13.2 Å². The van der Waals surface area contributed by atoms with Gasteiger partial charge >= 0.3 is 0 Å². The van der Waals surface area contributed by atoms with Crippen molar-refractivity contribution in [2.24, 2.45) is 0 Å². The summed E-state index contributed by atoms with van der Waals surface area (Å²) < 4.78 is 16.6. The van der Waals surface area contributed by atoms with Gasteiger partial charge in [0.25, 0.3) is 5.91 Å². The van der Waals surface area contributed by atoms with Crippen LogP contribution in [0.2, 0.25) is 0 Å². The molecule has 1 amide bonds. The number of rotatable bonds is 4. The summed E-state index contributed by atoms with van der Waals surface area (Å²) in [4.78, 5) is 16.3. The number of hydrogen-bond donors (Lipinski definition) is 1. The molecule has 0 saturated carbocycles. The Hall–Kier alpha value is -2.18. The number of nitrogens with one attached hydrogen (secondary N) is 1. The molecule has 0 aliphatic carbocycles. The minimum atomic E-state index is -0.708. The first kappa shape index (κ1) is 15.7. The van der Waals surface area contributed by atoms with E-state index in [1.165, 1.54) is 0 Å². The van der Waals surface area contributed by atoms with Crippen LogP contribution in [-0.2, 0) is 21.8 Å². The Kier molecular flexibility index (Phi) is 4.19. The number of oxazole rings is 1. The van der Waals surface area contributed by atoms with Crippen LogP contribution in [0.5, 0.6) is 0 Å². The highest BCUT2D eigenvalue weighted by molar-refractivity contribution is 5.93. The molecule has 1 aromatic carbocycles. The summed E-state index contributed by atoms with van der Waals surface area (Å²) >= 11 is 0. The van der Waals surface area contributed by atoms with E-state index < -0.39 is 5.79 Å². The molecule has 2 heterocycles. The molecular formula is C17H20N2O4. The first-order chi connectivity index (χ1) is 11.0. The lowest BCUT2D eigenvalue weighted by Gasteiger charge is -2.23. The van der Waals surface area contributed by atoms with Crippen LogP contribution in [0.4, 0.5) is 0 Å². The maximum absolute atomic E-state index is 12.2. The van der Waals surface area contributed by atoms with Crippen LogP contribution in [0, 0.1) is 13.8 Å².